The van der Waals surface area contributed by atoms with Crippen molar-refractivity contribution in [2.24, 2.45) is 0 Å². The number of benzene rings is 2. The lowest BCUT2D eigenvalue weighted by Gasteiger charge is -2.29. The predicted molar refractivity (Wildman–Crippen MR) is 142 cm³/mol. The van der Waals surface area contributed by atoms with Gasteiger partial charge < -0.3 is 15.0 Å². The molecular weight excluding hydrogens is 468 g/mol. The van der Waals surface area contributed by atoms with Gasteiger partial charge in [0.15, 0.2) is 5.11 Å². The summed E-state index contributed by atoms with van der Waals surface area (Å²) in [7, 11) is 0. The zero-order chi connectivity index (χ0) is 25.0. The summed E-state index contributed by atoms with van der Waals surface area (Å²) in [5.41, 5.74) is 2.06. The molecule has 2 aromatic rings. The molecule has 0 saturated carbocycles. The number of anilines is 1. The molecule has 8 heteroatoms. The number of rotatable bonds is 9. The van der Waals surface area contributed by atoms with Crippen LogP contribution in [0.5, 0.6) is 5.75 Å². The summed E-state index contributed by atoms with van der Waals surface area (Å²) in [6, 6.07) is 11.9. The first-order chi connectivity index (χ1) is 16.1. The third-order valence-corrected chi connectivity index (χ3v) is 6.83. The molecule has 0 aliphatic carbocycles. The largest absolute Gasteiger partial charge is 0.494 e. The first-order valence-electron chi connectivity index (χ1n) is 11.4. The lowest BCUT2D eigenvalue weighted by Crippen LogP contribution is -2.44. The summed E-state index contributed by atoms with van der Waals surface area (Å²) in [6.45, 7) is 19.0. The van der Waals surface area contributed by atoms with Crippen LogP contribution < -0.4 is 15.0 Å². The molecule has 1 fully saturated rings. The monoisotopic (exact) mass is 498 g/mol. The van der Waals surface area contributed by atoms with E-state index in [1.807, 2.05) is 30.9 Å². The highest BCUT2D eigenvalue weighted by molar-refractivity contribution is 7.80. The molecule has 0 bridgehead atoms. The van der Waals surface area contributed by atoms with Crippen LogP contribution in [0.2, 0.25) is 5.02 Å². The quantitative estimate of drug-likeness (QED) is 0.266. The molecular formula is C26H31ClN4O2S. The highest BCUT2D eigenvalue weighted by Crippen LogP contribution is 2.39. The molecule has 34 heavy (non-hydrogen) atoms. The van der Waals surface area contributed by atoms with Gasteiger partial charge in [0.05, 0.1) is 23.9 Å². The second kappa shape index (κ2) is 10.7. The second-order valence-corrected chi connectivity index (χ2v) is 9.91. The van der Waals surface area contributed by atoms with Crippen LogP contribution >= 0.6 is 23.8 Å². The summed E-state index contributed by atoms with van der Waals surface area (Å²) in [4.78, 5) is 20.2. The van der Waals surface area contributed by atoms with E-state index in [1.54, 1.807) is 19.1 Å². The normalized spacial score (nSPS) is 15.2. The van der Waals surface area contributed by atoms with E-state index in [4.69, 9.17) is 35.1 Å². The van der Waals surface area contributed by atoms with Crippen LogP contribution in [0.4, 0.5) is 11.4 Å². The number of ether oxygens (including phenoxy) is 1. The van der Waals surface area contributed by atoms with Crippen molar-refractivity contribution in [2.75, 3.05) is 18.1 Å². The van der Waals surface area contributed by atoms with Crippen LogP contribution in [0, 0.1) is 13.5 Å². The fraction of sp³-hybridized carbons (Fsp3) is 0.423. The molecule has 0 unspecified atom stereocenters. The third-order valence-electron chi connectivity index (χ3n) is 5.95. The molecule has 1 saturated heterocycles. The van der Waals surface area contributed by atoms with E-state index < -0.39 is 5.54 Å². The molecule has 1 aliphatic rings. The minimum absolute atomic E-state index is 0.112. The molecule has 3 rings (SSSR count). The average molecular weight is 499 g/mol. The number of hydrogen-bond donors (Lipinski definition) is 1. The summed E-state index contributed by atoms with van der Waals surface area (Å²) in [5, 5.41) is 4.18. The maximum atomic E-state index is 13.3. The van der Waals surface area contributed by atoms with E-state index in [0.29, 0.717) is 52.7 Å². The molecule has 6 nitrogen and oxygen atoms in total. The van der Waals surface area contributed by atoms with E-state index in [-0.39, 0.29) is 5.91 Å². The van der Waals surface area contributed by atoms with Crippen molar-refractivity contribution < 1.29 is 9.53 Å². The first kappa shape index (κ1) is 26.0. The van der Waals surface area contributed by atoms with E-state index in [1.165, 1.54) is 10.5 Å². The minimum Gasteiger partial charge on any atom is -0.494 e. The lowest BCUT2D eigenvalue weighted by molar-refractivity contribution is -0.123. The highest BCUT2D eigenvalue weighted by atomic mass is 35.5. The number of carbonyl (C=O) groups excluding carboxylic acids is 1. The van der Waals surface area contributed by atoms with Crippen LogP contribution in [0.15, 0.2) is 36.4 Å². The standard InChI is InChI=1S/C26H31ClN4O2S/c1-17(2)29-16-19-8-10-20(11-9-19)33-15-7-14-30-25(34)31(24(32)26(30,4)5)22-13-12-21(28-6)23(27)18(22)3/h8-13,17,29H,7,14-16H2,1-5H3. The lowest BCUT2D eigenvalue weighted by atomic mass is 10.0. The second-order valence-electron chi connectivity index (χ2n) is 9.17. The Morgan fingerprint density at radius 3 is 2.50 bits per heavy atom. The van der Waals surface area contributed by atoms with Crippen molar-refractivity contribution >= 4 is 46.2 Å². The van der Waals surface area contributed by atoms with Gasteiger partial charge in [0, 0.05) is 19.1 Å². The summed E-state index contributed by atoms with van der Waals surface area (Å²) in [6.07, 6.45) is 0.706. The number of amides is 1. The highest BCUT2D eigenvalue weighted by Gasteiger charge is 2.49. The SMILES string of the molecule is [C-]#[N+]c1ccc(N2C(=O)C(C)(C)N(CCCOc3ccc(CNC(C)C)cc3)C2=S)c(C)c1Cl. The molecule has 2 aromatic carbocycles. The van der Waals surface area contributed by atoms with Gasteiger partial charge in [0.2, 0.25) is 5.69 Å². The zero-order valence-electron chi connectivity index (χ0n) is 20.3. The molecule has 0 atom stereocenters. The van der Waals surface area contributed by atoms with Gasteiger partial charge >= 0.3 is 0 Å². The Kier molecular flexibility index (Phi) is 8.19. The van der Waals surface area contributed by atoms with Crippen molar-refractivity contribution in [3.05, 3.63) is 64.0 Å². The predicted octanol–water partition coefficient (Wildman–Crippen LogP) is 5.88. The first-order valence-corrected chi connectivity index (χ1v) is 12.1. The van der Waals surface area contributed by atoms with Gasteiger partial charge in [0.25, 0.3) is 5.91 Å². The van der Waals surface area contributed by atoms with Gasteiger partial charge in [-0.25, -0.2) is 4.85 Å². The Labute approximate surface area is 212 Å². The van der Waals surface area contributed by atoms with Crippen molar-refractivity contribution in [1.29, 1.82) is 0 Å². The van der Waals surface area contributed by atoms with E-state index in [9.17, 15) is 4.79 Å². The van der Waals surface area contributed by atoms with Crippen LogP contribution in [0.1, 0.15) is 45.2 Å². The summed E-state index contributed by atoms with van der Waals surface area (Å²) < 4.78 is 5.91. The topological polar surface area (TPSA) is 49.2 Å². The van der Waals surface area contributed by atoms with Crippen molar-refractivity contribution in [2.45, 2.75) is 59.2 Å². The number of halogens is 1. The minimum atomic E-state index is -0.792. The van der Waals surface area contributed by atoms with Gasteiger partial charge in [-0.05, 0) is 68.7 Å². The molecule has 1 N–H and O–H groups in total. The molecule has 0 radical (unpaired) electrons. The van der Waals surface area contributed by atoms with Crippen LogP contribution in [0.25, 0.3) is 4.85 Å². The Morgan fingerprint density at radius 1 is 1.21 bits per heavy atom. The van der Waals surface area contributed by atoms with Crippen LogP contribution in [0.3, 0.4) is 0 Å². The smallest absolute Gasteiger partial charge is 0.258 e. The number of carbonyl (C=O) groups is 1. The molecule has 0 aromatic heterocycles. The Hall–Kier alpha value is -2.66. The zero-order valence-corrected chi connectivity index (χ0v) is 21.9. The number of hydrogen-bond acceptors (Lipinski definition) is 4. The Balaban J connectivity index is 1.62. The van der Waals surface area contributed by atoms with Gasteiger partial charge in [-0.2, -0.15) is 0 Å². The fourth-order valence-electron chi connectivity index (χ4n) is 3.85. The van der Waals surface area contributed by atoms with Gasteiger partial charge in [-0.1, -0.05) is 43.6 Å². The van der Waals surface area contributed by atoms with Crippen LogP contribution in [-0.4, -0.2) is 40.7 Å². The van der Waals surface area contributed by atoms with Crippen LogP contribution in [-0.2, 0) is 11.3 Å². The summed E-state index contributed by atoms with van der Waals surface area (Å²) in [5.74, 6) is 0.707. The average Bonchev–Trinajstić information content (AvgIpc) is 2.97. The molecule has 1 heterocycles. The van der Waals surface area contributed by atoms with Crippen molar-refractivity contribution in [3.63, 3.8) is 0 Å². The summed E-state index contributed by atoms with van der Waals surface area (Å²) >= 11 is 12.1. The third kappa shape index (κ3) is 5.35. The van der Waals surface area contributed by atoms with Crippen molar-refractivity contribution in [3.8, 4) is 5.75 Å². The van der Waals surface area contributed by atoms with E-state index >= 15 is 0 Å². The maximum Gasteiger partial charge on any atom is 0.258 e. The molecule has 1 amide bonds. The van der Waals surface area contributed by atoms with E-state index in [2.05, 4.69) is 36.1 Å². The Morgan fingerprint density at radius 2 is 1.88 bits per heavy atom. The number of nitrogens with zero attached hydrogens (tertiary/aromatic N) is 3. The fourth-order valence-corrected chi connectivity index (χ4v) is 4.55. The maximum absolute atomic E-state index is 13.3. The van der Waals surface area contributed by atoms with Crippen molar-refractivity contribution in [1.82, 2.24) is 10.2 Å². The molecule has 1 aliphatic heterocycles. The van der Waals surface area contributed by atoms with E-state index in [0.717, 1.165) is 12.3 Å². The number of nitrogens with one attached hydrogen (secondary N) is 1. The number of thiocarbonyl (C=S) groups is 1. The van der Waals surface area contributed by atoms with Gasteiger partial charge in [-0.3, -0.25) is 9.69 Å². The molecule has 180 valence electrons. The van der Waals surface area contributed by atoms with Gasteiger partial charge in [0.1, 0.15) is 11.3 Å². The van der Waals surface area contributed by atoms with Gasteiger partial charge in [-0.15, -0.1) is 0 Å². The molecule has 0 spiro atoms. The Bertz CT molecular complexity index is 1110.